The molecule has 0 fully saturated rings. The third-order valence-electron chi connectivity index (χ3n) is 3.50. The van der Waals surface area contributed by atoms with E-state index in [0.717, 1.165) is 11.5 Å². The van der Waals surface area contributed by atoms with Gasteiger partial charge in [-0.3, -0.25) is 9.36 Å². The molecular formula is C17H15Cl2N5OS. The molecule has 0 atom stereocenters. The van der Waals surface area contributed by atoms with E-state index >= 15 is 0 Å². The van der Waals surface area contributed by atoms with Gasteiger partial charge < -0.3 is 5.32 Å². The van der Waals surface area contributed by atoms with Gasteiger partial charge in [-0.25, -0.2) is 4.98 Å². The number of halogens is 2. The fourth-order valence-electron chi connectivity index (χ4n) is 2.26. The maximum Gasteiger partial charge on any atom is 0.236 e. The first-order chi connectivity index (χ1) is 12.5. The van der Waals surface area contributed by atoms with Gasteiger partial charge in [-0.05, 0) is 32.0 Å². The number of rotatable bonds is 5. The number of carbonyl (C=O) groups is 1. The fraction of sp³-hybridized carbons (Fsp3) is 0.176. The predicted octanol–water partition coefficient (Wildman–Crippen LogP) is 4.32. The van der Waals surface area contributed by atoms with Crippen molar-refractivity contribution >= 4 is 46.7 Å². The summed E-state index contributed by atoms with van der Waals surface area (Å²) in [6, 6.07) is 11.3. The number of hydrogen-bond donors (Lipinski definition) is 1. The molecule has 6 nitrogen and oxygen atoms in total. The van der Waals surface area contributed by atoms with Gasteiger partial charge in [-0.1, -0.05) is 53.2 Å². The molecular weight excluding hydrogens is 393 g/mol. The number of benzene rings is 1. The number of carbonyl (C=O) groups excluding carboxylic acids is 1. The summed E-state index contributed by atoms with van der Waals surface area (Å²) in [7, 11) is 0. The van der Waals surface area contributed by atoms with Crippen molar-refractivity contribution in [1.29, 1.82) is 0 Å². The Kier molecular flexibility index (Phi) is 5.80. The Balaban J connectivity index is 1.71. The molecule has 0 saturated heterocycles. The highest BCUT2D eigenvalue weighted by molar-refractivity contribution is 7.99. The number of nitrogens with zero attached hydrogens (tertiary/aromatic N) is 4. The molecule has 2 heterocycles. The minimum absolute atomic E-state index is 0.144. The molecule has 0 radical (unpaired) electrons. The molecule has 0 aliphatic heterocycles. The molecule has 3 aromatic rings. The first kappa shape index (κ1) is 18.7. The quantitative estimate of drug-likeness (QED) is 0.637. The summed E-state index contributed by atoms with van der Waals surface area (Å²) in [5.74, 6) is 0.938. The van der Waals surface area contributed by atoms with Crippen molar-refractivity contribution in [1.82, 2.24) is 19.7 Å². The SMILES string of the molecule is Cc1nc(NC(=O)CSc2nnc(C)n2-c2ccccc2)c(Cl)cc1Cl. The van der Waals surface area contributed by atoms with Crippen LogP contribution in [0.1, 0.15) is 11.5 Å². The Bertz CT molecular complexity index is 946. The van der Waals surface area contributed by atoms with Crippen LogP contribution >= 0.6 is 35.0 Å². The molecule has 0 aliphatic rings. The highest BCUT2D eigenvalue weighted by Gasteiger charge is 2.15. The zero-order valence-corrected chi connectivity index (χ0v) is 16.4. The summed E-state index contributed by atoms with van der Waals surface area (Å²) in [5, 5.41) is 12.3. The molecule has 134 valence electrons. The van der Waals surface area contributed by atoms with E-state index in [0.29, 0.717) is 26.7 Å². The average Bonchev–Trinajstić information content (AvgIpc) is 2.99. The van der Waals surface area contributed by atoms with Crippen LogP contribution < -0.4 is 5.32 Å². The molecule has 1 N–H and O–H groups in total. The molecule has 2 aromatic heterocycles. The molecule has 0 unspecified atom stereocenters. The summed E-state index contributed by atoms with van der Waals surface area (Å²) >= 11 is 13.3. The monoisotopic (exact) mass is 407 g/mol. The highest BCUT2D eigenvalue weighted by atomic mass is 35.5. The van der Waals surface area contributed by atoms with E-state index in [1.807, 2.05) is 41.8 Å². The Morgan fingerprint density at radius 3 is 2.62 bits per heavy atom. The largest absolute Gasteiger partial charge is 0.309 e. The van der Waals surface area contributed by atoms with E-state index in [2.05, 4.69) is 20.5 Å². The number of amides is 1. The van der Waals surface area contributed by atoms with Crippen LogP contribution in [0.25, 0.3) is 5.69 Å². The lowest BCUT2D eigenvalue weighted by atomic mass is 10.3. The first-order valence-electron chi connectivity index (χ1n) is 7.68. The Labute approximate surface area is 164 Å². The van der Waals surface area contributed by atoms with Crippen molar-refractivity contribution in [3.63, 3.8) is 0 Å². The fourth-order valence-corrected chi connectivity index (χ4v) is 3.46. The smallest absolute Gasteiger partial charge is 0.236 e. The van der Waals surface area contributed by atoms with Crippen molar-refractivity contribution in [2.75, 3.05) is 11.1 Å². The van der Waals surface area contributed by atoms with E-state index < -0.39 is 0 Å². The summed E-state index contributed by atoms with van der Waals surface area (Å²) in [6.45, 7) is 3.61. The van der Waals surface area contributed by atoms with Gasteiger partial charge in [0.1, 0.15) is 5.82 Å². The third-order valence-corrected chi connectivity index (χ3v) is 5.10. The molecule has 26 heavy (non-hydrogen) atoms. The topological polar surface area (TPSA) is 72.7 Å². The van der Waals surface area contributed by atoms with E-state index in [4.69, 9.17) is 23.2 Å². The number of aryl methyl sites for hydroxylation is 2. The van der Waals surface area contributed by atoms with Crippen LogP contribution in [0.2, 0.25) is 10.0 Å². The Morgan fingerprint density at radius 1 is 1.15 bits per heavy atom. The van der Waals surface area contributed by atoms with Gasteiger partial charge in [-0.2, -0.15) is 0 Å². The number of thioether (sulfide) groups is 1. The lowest BCUT2D eigenvalue weighted by Gasteiger charge is -2.09. The normalized spacial score (nSPS) is 10.8. The van der Waals surface area contributed by atoms with Crippen LogP contribution in [0.3, 0.4) is 0 Å². The van der Waals surface area contributed by atoms with E-state index in [-0.39, 0.29) is 11.7 Å². The second-order valence-electron chi connectivity index (χ2n) is 5.42. The summed E-state index contributed by atoms with van der Waals surface area (Å²) in [4.78, 5) is 16.5. The standard InChI is InChI=1S/C17H15Cl2N5OS/c1-10-13(18)8-14(19)16(20-10)21-15(25)9-26-17-23-22-11(2)24(17)12-6-4-3-5-7-12/h3-8H,9H2,1-2H3,(H,20,21,25). The predicted molar refractivity (Wildman–Crippen MR) is 104 cm³/mol. The van der Waals surface area contributed by atoms with Crippen LogP contribution in [0.5, 0.6) is 0 Å². The Hall–Kier alpha value is -2.09. The second kappa shape index (κ2) is 8.07. The van der Waals surface area contributed by atoms with Crippen LogP contribution in [0.4, 0.5) is 5.82 Å². The number of pyridine rings is 1. The molecule has 0 saturated carbocycles. The van der Waals surface area contributed by atoms with Crippen molar-refractivity contribution in [2.45, 2.75) is 19.0 Å². The number of nitrogens with one attached hydrogen (secondary N) is 1. The maximum atomic E-state index is 12.3. The number of para-hydroxylation sites is 1. The summed E-state index contributed by atoms with van der Waals surface area (Å²) in [6.07, 6.45) is 0. The zero-order valence-electron chi connectivity index (χ0n) is 14.0. The van der Waals surface area contributed by atoms with E-state index in [1.54, 1.807) is 13.0 Å². The lowest BCUT2D eigenvalue weighted by molar-refractivity contribution is -0.113. The number of aromatic nitrogens is 4. The molecule has 0 aliphatic carbocycles. The van der Waals surface area contributed by atoms with Gasteiger partial charge in [0.15, 0.2) is 11.0 Å². The van der Waals surface area contributed by atoms with Gasteiger partial charge >= 0.3 is 0 Å². The van der Waals surface area contributed by atoms with Crippen LogP contribution in [-0.4, -0.2) is 31.4 Å². The lowest BCUT2D eigenvalue weighted by Crippen LogP contribution is -2.16. The third kappa shape index (κ3) is 4.17. The van der Waals surface area contributed by atoms with Crippen molar-refractivity contribution in [2.24, 2.45) is 0 Å². The molecule has 0 spiro atoms. The van der Waals surface area contributed by atoms with Gasteiger partial charge in [-0.15, -0.1) is 10.2 Å². The summed E-state index contributed by atoms with van der Waals surface area (Å²) in [5.41, 5.74) is 1.54. The molecule has 1 aromatic carbocycles. The van der Waals surface area contributed by atoms with Crippen molar-refractivity contribution < 1.29 is 4.79 Å². The van der Waals surface area contributed by atoms with Gasteiger partial charge in [0.2, 0.25) is 5.91 Å². The van der Waals surface area contributed by atoms with E-state index in [1.165, 1.54) is 11.8 Å². The molecule has 0 bridgehead atoms. The maximum absolute atomic E-state index is 12.3. The minimum Gasteiger partial charge on any atom is -0.309 e. The highest BCUT2D eigenvalue weighted by Crippen LogP contribution is 2.26. The van der Waals surface area contributed by atoms with Crippen LogP contribution in [0.15, 0.2) is 41.6 Å². The second-order valence-corrected chi connectivity index (χ2v) is 7.18. The van der Waals surface area contributed by atoms with Crippen LogP contribution in [0, 0.1) is 13.8 Å². The molecule has 1 amide bonds. The van der Waals surface area contributed by atoms with Gasteiger partial charge in [0.05, 0.1) is 21.5 Å². The van der Waals surface area contributed by atoms with Crippen molar-refractivity contribution in [3.05, 3.63) is 58.0 Å². The zero-order chi connectivity index (χ0) is 18.7. The van der Waals surface area contributed by atoms with Crippen molar-refractivity contribution in [3.8, 4) is 5.69 Å². The first-order valence-corrected chi connectivity index (χ1v) is 9.42. The molecule has 3 rings (SSSR count). The molecule has 9 heteroatoms. The average molecular weight is 408 g/mol. The van der Waals surface area contributed by atoms with E-state index in [9.17, 15) is 4.79 Å². The number of anilines is 1. The number of hydrogen-bond acceptors (Lipinski definition) is 5. The summed E-state index contributed by atoms with van der Waals surface area (Å²) < 4.78 is 1.90. The minimum atomic E-state index is -0.244. The van der Waals surface area contributed by atoms with Crippen LogP contribution in [-0.2, 0) is 4.79 Å². The Morgan fingerprint density at radius 2 is 1.88 bits per heavy atom. The van der Waals surface area contributed by atoms with Gasteiger partial charge in [0.25, 0.3) is 0 Å². The van der Waals surface area contributed by atoms with Gasteiger partial charge in [0, 0.05) is 5.69 Å².